The van der Waals surface area contributed by atoms with E-state index in [0.29, 0.717) is 17.5 Å². The third-order valence-corrected chi connectivity index (χ3v) is 4.51. The van der Waals surface area contributed by atoms with Gasteiger partial charge in [-0.15, -0.1) is 11.3 Å². The SMILES string of the molecule is CCOc1ccccc1-c1csc(NC(=O)Cc2ccccc2OC)n1. The Morgan fingerprint density at radius 3 is 2.62 bits per heavy atom. The molecule has 0 atom stereocenters. The fraction of sp³-hybridized carbons (Fsp3) is 0.200. The van der Waals surface area contributed by atoms with Crippen LogP contribution in [-0.4, -0.2) is 24.6 Å². The van der Waals surface area contributed by atoms with Crippen LogP contribution in [-0.2, 0) is 11.2 Å². The van der Waals surface area contributed by atoms with Gasteiger partial charge in [0.05, 0.1) is 25.8 Å². The number of methoxy groups -OCH3 is 1. The number of thiazole rings is 1. The van der Waals surface area contributed by atoms with Crippen molar-refractivity contribution >= 4 is 22.4 Å². The van der Waals surface area contributed by atoms with Gasteiger partial charge in [-0.1, -0.05) is 30.3 Å². The fourth-order valence-corrected chi connectivity index (χ4v) is 3.33. The molecule has 0 saturated heterocycles. The Bertz CT molecular complexity index is 892. The first-order valence-corrected chi connectivity index (χ1v) is 9.18. The van der Waals surface area contributed by atoms with Gasteiger partial charge in [0.1, 0.15) is 11.5 Å². The zero-order chi connectivity index (χ0) is 18.4. The number of hydrogen-bond acceptors (Lipinski definition) is 5. The molecular weight excluding hydrogens is 348 g/mol. The maximum Gasteiger partial charge on any atom is 0.230 e. The van der Waals surface area contributed by atoms with Crippen molar-refractivity contribution in [1.82, 2.24) is 4.98 Å². The van der Waals surface area contributed by atoms with E-state index in [2.05, 4.69) is 10.3 Å². The van der Waals surface area contributed by atoms with Crippen LogP contribution in [0.5, 0.6) is 11.5 Å². The second-order valence-electron chi connectivity index (χ2n) is 5.50. The molecule has 1 aromatic heterocycles. The van der Waals surface area contributed by atoms with Crippen molar-refractivity contribution in [3.05, 3.63) is 59.5 Å². The summed E-state index contributed by atoms with van der Waals surface area (Å²) in [5.74, 6) is 1.36. The van der Waals surface area contributed by atoms with E-state index in [4.69, 9.17) is 9.47 Å². The van der Waals surface area contributed by atoms with Crippen molar-refractivity contribution < 1.29 is 14.3 Å². The Hall–Kier alpha value is -2.86. The number of benzene rings is 2. The summed E-state index contributed by atoms with van der Waals surface area (Å²) in [5, 5.41) is 5.33. The zero-order valence-corrected chi connectivity index (χ0v) is 15.5. The minimum absolute atomic E-state index is 0.131. The number of ether oxygens (including phenoxy) is 2. The van der Waals surface area contributed by atoms with Gasteiger partial charge in [-0.3, -0.25) is 4.79 Å². The van der Waals surface area contributed by atoms with Gasteiger partial charge in [0.25, 0.3) is 0 Å². The molecule has 0 radical (unpaired) electrons. The van der Waals surface area contributed by atoms with Crippen LogP contribution in [0, 0.1) is 0 Å². The Labute approximate surface area is 156 Å². The highest BCUT2D eigenvalue weighted by Crippen LogP contribution is 2.32. The summed E-state index contributed by atoms with van der Waals surface area (Å²) < 4.78 is 10.9. The zero-order valence-electron chi connectivity index (χ0n) is 14.7. The first-order chi connectivity index (χ1) is 12.7. The molecule has 1 heterocycles. The van der Waals surface area contributed by atoms with Gasteiger partial charge < -0.3 is 14.8 Å². The normalized spacial score (nSPS) is 10.4. The average Bonchev–Trinajstić information content (AvgIpc) is 3.11. The summed E-state index contributed by atoms with van der Waals surface area (Å²) in [4.78, 5) is 16.9. The number of hydrogen-bond donors (Lipinski definition) is 1. The van der Waals surface area contributed by atoms with Crippen LogP contribution in [0.25, 0.3) is 11.3 Å². The van der Waals surface area contributed by atoms with Crippen LogP contribution >= 0.6 is 11.3 Å². The van der Waals surface area contributed by atoms with E-state index in [1.54, 1.807) is 7.11 Å². The molecule has 5 nitrogen and oxygen atoms in total. The smallest absolute Gasteiger partial charge is 0.230 e. The van der Waals surface area contributed by atoms with Gasteiger partial charge in [-0.25, -0.2) is 4.98 Å². The fourth-order valence-electron chi connectivity index (χ4n) is 2.60. The lowest BCUT2D eigenvalue weighted by Gasteiger charge is -2.08. The number of para-hydroxylation sites is 2. The summed E-state index contributed by atoms with van der Waals surface area (Å²) in [6.07, 6.45) is 0.231. The molecule has 6 heteroatoms. The van der Waals surface area contributed by atoms with E-state index < -0.39 is 0 Å². The third-order valence-electron chi connectivity index (χ3n) is 3.76. The lowest BCUT2D eigenvalue weighted by Crippen LogP contribution is -2.14. The van der Waals surface area contributed by atoms with Gasteiger partial charge in [-0.05, 0) is 25.1 Å². The Morgan fingerprint density at radius 2 is 1.85 bits per heavy atom. The maximum atomic E-state index is 12.3. The number of rotatable bonds is 7. The minimum atomic E-state index is -0.131. The molecule has 3 aromatic rings. The number of amides is 1. The van der Waals surface area contributed by atoms with Gasteiger partial charge in [0.15, 0.2) is 5.13 Å². The Balaban J connectivity index is 1.72. The number of nitrogens with one attached hydrogen (secondary N) is 1. The quantitative estimate of drug-likeness (QED) is 0.671. The summed E-state index contributed by atoms with van der Waals surface area (Å²) in [6, 6.07) is 15.2. The molecule has 0 aliphatic carbocycles. The molecule has 0 spiro atoms. The second kappa shape index (κ2) is 8.49. The van der Waals surface area contributed by atoms with E-state index in [0.717, 1.165) is 22.6 Å². The predicted molar refractivity (Wildman–Crippen MR) is 104 cm³/mol. The van der Waals surface area contributed by atoms with Gasteiger partial charge in [0, 0.05) is 16.5 Å². The molecule has 2 aromatic carbocycles. The minimum Gasteiger partial charge on any atom is -0.496 e. The van der Waals surface area contributed by atoms with E-state index in [1.165, 1.54) is 11.3 Å². The van der Waals surface area contributed by atoms with E-state index in [1.807, 2.05) is 60.8 Å². The lowest BCUT2D eigenvalue weighted by atomic mass is 10.1. The van der Waals surface area contributed by atoms with Gasteiger partial charge in [-0.2, -0.15) is 0 Å². The highest BCUT2D eigenvalue weighted by molar-refractivity contribution is 7.14. The number of nitrogens with zero attached hydrogens (tertiary/aromatic N) is 1. The first-order valence-electron chi connectivity index (χ1n) is 8.30. The highest BCUT2D eigenvalue weighted by atomic mass is 32.1. The van der Waals surface area contributed by atoms with Crippen molar-refractivity contribution in [3.8, 4) is 22.8 Å². The van der Waals surface area contributed by atoms with Crippen LogP contribution in [0.3, 0.4) is 0 Å². The molecule has 0 aliphatic rings. The van der Waals surface area contributed by atoms with Crippen LogP contribution in [0.2, 0.25) is 0 Å². The maximum absolute atomic E-state index is 12.3. The molecule has 1 amide bonds. The summed E-state index contributed by atoms with van der Waals surface area (Å²) in [7, 11) is 1.60. The van der Waals surface area contributed by atoms with Crippen molar-refractivity contribution in [2.75, 3.05) is 19.0 Å². The monoisotopic (exact) mass is 368 g/mol. The van der Waals surface area contributed by atoms with E-state index >= 15 is 0 Å². The van der Waals surface area contributed by atoms with Crippen LogP contribution < -0.4 is 14.8 Å². The Kier molecular flexibility index (Phi) is 5.86. The molecule has 0 bridgehead atoms. The van der Waals surface area contributed by atoms with Crippen molar-refractivity contribution in [3.63, 3.8) is 0 Å². The molecule has 0 unspecified atom stereocenters. The molecule has 134 valence electrons. The Morgan fingerprint density at radius 1 is 1.12 bits per heavy atom. The van der Waals surface area contributed by atoms with Crippen LogP contribution in [0.4, 0.5) is 5.13 Å². The standard InChI is InChI=1S/C20H20N2O3S/c1-3-25-18-11-7-5-9-15(18)16-13-26-20(21-16)22-19(23)12-14-8-4-6-10-17(14)24-2/h4-11,13H,3,12H2,1-2H3,(H,21,22,23). The first kappa shape index (κ1) is 17.9. The summed E-state index contributed by atoms with van der Waals surface area (Å²) in [6.45, 7) is 2.53. The third kappa shape index (κ3) is 4.21. The van der Waals surface area contributed by atoms with E-state index in [9.17, 15) is 4.79 Å². The topological polar surface area (TPSA) is 60.5 Å². The summed E-state index contributed by atoms with van der Waals surface area (Å²) in [5.41, 5.74) is 2.54. The number of anilines is 1. The molecule has 1 N–H and O–H groups in total. The van der Waals surface area contributed by atoms with Crippen molar-refractivity contribution in [2.24, 2.45) is 0 Å². The van der Waals surface area contributed by atoms with Crippen molar-refractivity contribution in [2.45, 2.75) is 13.3 Å². The van der Waals surface area contributed by atoms with E-state index in [-0.39, 0.29) is 12.3 Å². The predicted octanol–water partition coefficient (Wildman–Crippen LogP) is 4.40. The summed E-state index contributed by atoms with van der Waals surface area (Å²) >= 11 is 1.39. The van der Waals surface area contributed by atoms with Gasteiger partial charge in [0.2, 0.25) is 5.91 Å². The molecule has 3 rings (SSSR count). The number of carbonyl (C=O) groups excluding carboxylic acids is 1. The number of aromatic nitrogens is 1. The average molecular weight is 368 g/mol. The number of carbonyl (C=O) groups is 1. The molecule has 0 saturated carbocycles. The van der Waals surface area contributed by atoms with Crippen LogP contribution in [0.15, 0.2) is 53.9 Å². The molecular formula is C20H20N2O3S. The largest absolute Gasteiger partial charge is 0.496 e. The molecule has 0 aliphatic heterocycles. The van der Waals surface area contributed by atoms with Crippen LogP contribution in [0.1, 0.15) is 12.5 Å². The molecule has 26 heavy (non-hydrogen) atoms. The highest BCUT2D eigenvalue weighted by Gasteiger charge is 2.13. The van der Waals surface area contributed by atoms with Crippen molar-refractivity contribution in [1.29, 1.82) is 0 Å². The molecule has 0 fully saturated rings. The second-order valence-corrected chi connectivity index (χ2v) is 6.36. The lowest BCUT2D eigenvalue weighted by molar-refractivity contribution is -0.115. The van der Waals surface area contributed by atoms with Gasteiger partial charge >= 0.3 is 0 Å².